The molecule has 2 aromatic carbocycles. The van der Waals surface area contributed by atoms with Crippen molar-refractivity contribution in [1.29, 1.82) is 0 Å². The Morgan fingerprint density at radius 3 is 2.45 bits per heavy atom. The normalized spacial score (nSPS) is 10.8. The first-order valence-corrected chi connectivity index (χ1v) is 7.02. The van der Waals surface area contributed by atoms with Gasteiger partial charge >= 0.3 is 0 Å². The molecule has 0 aliphatic heterocycles. The van der Waals surface area contributed by atoms with Gasteiger partial charge < -0.3 is 10.1 Å². The first kappa shape index (κ1) is 14.4. The maximum atomic E-state index is 5.75. The molecule has 0 spiro atoms. The Morgan fingerprint density at radius 2 is 1.75 bits per heavy atom. The molecule has 2 aromatic rings. The summed E-state index contributed by atoms with van der Waals surface area (Å²) < 4.78 is 5.75. The zero-order valence-corrected chi connectivity index (χ0v) is 11.9. The second-order valence-electron chi connectivity index (χ2n) is 4.55. The summed E-state index contributed by atoms with van der Waals surface area (Å²) in [7, 11) is 0. The average molecular weight is 267 g/mol. The molecule has 0 aliphatic rings. The van der Waals surface area contributed by atoms with Crippen LogP contribution in [0.5, 0.6) is 5.75 Å². The van der Waals surface area contributed by atoms with E-state index in [9.17, 15) is 0 Å². The fourth-order valence-electron chi connectivity index (χ4n) is 1.84. The van der Waals surface area contributed by atoms with Crippen molar-refractivity contribution in [1.82, 2.24) is 5.32 Å². The quantitative estimate of drug-likeness (QED) is 0.768. The number of hydrogen-bond donors (Lipinski definition) is 1. The third-order valence-corrected chi connectivity index (χ3v) is 2.95. The van der Waals surface area contributed by atoms with Gasteiger partial charge in [0.1, 0.15) is 12.4 Å². The molecule has 2 heteroatoms. The standard InChI is InChI=1S/C18H21NO/c1-2-19-14-6-9-16-10-12-18(13-11-16)20-15-17-7-4-3-5-8-17/h3-13,19H,2,14-15H2,1H3. The molecule has 0 radical (unpaired) electrons. The van der Waals surface area contributed by atoms with E-state index < -0.39 is 0 Å². The minimum Gasteiger partial charge on any atom is -0.489 e. The lowest BCUT2D eigenvalue weighted by molar-refractivity contribution is 0.306. The second-order valence-corrected chi connectivity index (χ2v) is 4.55. The Labute approximate surface area is 121 Å². The molecule has 0 bridgehead atoms. The summed E-state index contributed by atoms with van der Waals surface area (Å²) in [5, 5.41) is 3.26. The van der Waals surface area contributed by atoms with Crippen molar-refractivity contribution in [2.75, 3.05) is 13.1 Å². The number of benzene rings is 2. The highest BCUT2D eigenvalue weighted by atomic mass is 16.5. The van der Waals surface area contributed by atoms with Crippen LogP contribution in [0.15, 0.2) is 60.7 Å². The molecule has 1 N–H and O–H groups in total. The van der Waals surface area contributed by atoms with Gasteiger partial charge in [0.05, 0.1) is 0 Å². The van der Waals surface area contributed by atoms with Gasteiger partial charge in [-0.25, -0.2) is 0 Å². The van der Waals surface area contributed by atoms with Gasteiger partial charge in [0, 0.05) is 6.54 Å². The molecule has 2 nitrogen and oxygen atoms in total. The number of ether oxygens (including phenoxy) is 1. The van der Waals surface area contributed by atoms with Crippen molar-refractivity contribution in [3.05, 3.63) is 71.8 Å². The van der Waals surface area contributed by atoms with Crippen LogP contribution in [-0.2, 0) is 6.61 Å². The van der Waals surface area contributed by atoms with E-state index in [1.54, 1.807) is 0 Å². The predicted molar refractivity (Wildman–Crippen MR) is 84.8 cm³/mol. The third kappa shape index (κ3) is 4.90. The molecule has 0 aliphatic carbocycles. The number of nitrogens with one attached hydrogen (secondary N) is 1. The minimum atomic E-state index is 0.608. The Balaban J connectivity index is 1.84. The highest BCUT2D eigenvalue weighted by molar-refractivity contribution is 5.50. The molecule has 0 saturated heterocycles. The van der Waals surface area contributed by atoms with E-state index in [-0.39, 0.29) is 0 Å². The molecule has 0 fully saturated rings. The Kier molecular flexibility index (Phi) is 5.87. The van der Waals surface area contributed by atoms with E-state index in [2.05, 4.69) is 48.7 Å². The van der Waals surface area contributed by atoms with Crippen LogP contribution in [0.3, 0.4) is 0 Å². The van der Waals surface area contributed by atoms with E-state index >= 15 is 0 Å². The molecule has 2 rings (SSSR count). The zero-order valence-electron chi connectivity index (χ0n) is 11.9. The number of rotatable bonds is 7. The summed E-state index contributed by atoms with van der Waals surface area (Å²) in [6.07, 6.45) is 4.24. The van der Waals surface area contributed by atoms with Gasteiger partial charge in [0.2, 0.25) is 0 Å². The van der Waals surface area contributed by atoms with Gasteiger partial charge in [-0.3, -0.25) is 0 Å². The minimum absolute atomic E-state index is 0.608. The van der Waals surface area contributed by atoms with Crippen LogP contribution in [0.4, 0.5) is 0 Å². The largest absolute Gasteiger partial charge is 0.489 e. The van der Waals surface area contributed by atoms with E-state index in [1.165, 1.54) is 11.1 Å². The van der Waals surface area contributed by atoms with Crippen LogP contribution in [0.25, 0.3) is 6.08 Å². The number of likely N-dealkylation sites (N-methyl/N-ethyl adjacent to an activating group) is 1. The molecule has 104 valence electrons. The molecule has 0 amide bonds. The lowest BCUT2D eigenvalue weighted by Gasteiger charge is -2.06. The Hall–Kier alpha value is -2.06. The smallest absolute Gasteiger partial charge is 0.119 e. The highest BCUT2D eigenvalue weighted by Gasteiger charge is 1.95. The van der Waals surface area contributed by atoms with Gasteiger partial charge in [0.25, 0.3) is 0 Å². The molecule has 0 atom stereocenters. The van der Waals surface area contributed by atoms with Gasteiger partial charge in [-0.05, 0) is 29.8 Å². The van der Waals surface area contributed by atoms with Crippen LogP contribution in [0.2, 0.25) is 0 Å². The van der Waals surface area contributed by atoms with E-state index in [0.717, 1.165) is 18.8 Å². The fraction of sp³-hybridized carbons (Fsp3) is 0.222. The summed E-state index contributed by atoms with van der Waals surface area (Å²) in [6, 6.07) is 18.4. The SMILES string of the molecule is CCNCC=Cc1ccc(OCc2ccccc2)cc1. The Bertz CT molecular complexity index is 517. The van der Waals surface area contributed by atoms with Crippen molar-refractivity contribution >= 4 is 6.08 Å². The number of hydrogen-bond acceptors (Lipinski definition) is 2. The average Bonchev–Trinajstić information content (AvgIpc) is 2.52. The summed E-state index contributed by atoms with van der Waals surface area (Å²) in [5.41, 5.74) is 2.37. The van der Waals surface area contributed by atoms with Gasteiger partial charge in [-0.2, -0.15) is 0 Å². The lowest BCUT2D eigenvalue weighted by atomic mass is 10.2. The van der Waals surface area contributed by atoms with Crippen LogP contribution in [0, 0.1) is 0 Å². The van der Waals surface area contributed by atoms with Crippen LogP contribution < -0.4 is 10.1 Å². The van der Waals surface area contributed by atoms with Gasteiger partial charge in [0.15, 0.2) is 0 Å². The van der Waals surface area contributed by atoms with Crippen LogP contribution in [0.1, 0.15) is 18.1 Å². The fourth-order valence-corrected chi connectivity index (χ4v) is 1.84. The Morgan fingerprint density at radius 1 is 1.00 bits per heavy atom. The molecular weight excluding hydrogens is 246 g/mol. The predicted octanol–water partition coefficient (Wildman–Crippen LogP) is 3.89. The van der Waals surface area contributed by atoms with Crippen molar-refractivity contribution in [2.24, 2.45) is 0 Å². The summed E-state index contributed by atoms with van der Waals surface area (Å²) in [5.74, 6) is 0.901. The third-order valence-electron chi connectivity index (χ3n) is 2.95. The first-order chi connectivity index (χ1) is 9.88. The van der Waals surface area contributed by atoms with Gasteiger partial charge in [-0.1, -0.05) is 61.5 Å². The van der Waals surface area contributed by atoms with Crippen molar-refractivity contribution in [3.8, 4) is 5.75 Å². The van der Waals surface area contributed by atoms with E-state index in [1.807, 2.05) is 30.3 Å². The van der Waals surface area contributed by atoms with Crippen molar-refractivity contribution in [3.63, 3.8) is 0 Å². The van der Waals surface area contributed by atoms with E-state index in [4.69, 9.17) is 4.74 Å². The molecule has 20 heavy (non-hydrogen) atoms. The molecule has 0 heterocycles. The summed E-state index contributed by atoms with van der Waals surface area (Å²) in [6.45, 7) is 4.61. The summed E-state index contributed by atoms with van der Waals surface area (Å²) >= 11 is 0. The molecule has 0 unspecified atom stereocenters. The second kappa shape index (κ2) is 8.18. The van der Waals surface area contributed by atoms with Crippen LogP contribution in [-0.4, -0.2) is 13.1 Å². The maximum Gasteiger partial charge on any atom is 0.119 e. The monoisotopic (exact) mass is 267 g/mol. The molecule has 0 saturated carbocycles. The molecular formula is C18H21NO. The van der Waals surface area contributed by atoms with Crippen LogP contribution >= 0.6 is 0 Å². The maximum absolute atomic E-state index is 5.75. The van der Waals surface area contributed by atoms with E-state index in [0.29, 0.717) is 6.61 Å². The van der Waals surface area contributed by atoms with Gasteiger partial charge in [-0.15, -0.1) is 0 Å². The highest BCUT2D eigenvalue weighted by Crippen LogP contribution is 2.15. The lowest BCUT2D eigenvalue weighted by Crippen LogP contribution is -2.11. The summed E-state index contributed by atoms with van der Waals surface area (Å²) in [4.78, 5) is 0. The first-order valence-electron chi connectivity index (χ1n) is 7.02. The van der Waals surface area contributed by atoms with Crippen molar-refractivity contribution in [2.45, 2.75) is 13.5 Å². The molecule has 0 aromatic heterocycles. The van der Waals surface area contributed by atoms with Crippen molar-refractivity contribution < 1.29 is 4.74 Å². The topological polar surface area (TPSA) is 21.3 Å². The zero-order chi connectivity index (χ0) is 14.0.